The van der Waals surface area contributed by atoms with Crippen molar-refractivity contribution in [2.75, 3.05) is 32.0 Å². The molecule has 1 aromatic rings. The van der Waals surface area contributed by atoms with Crippen molar-refractivity contribution in [1.29, 1.82) is 0 Å². The molecule has 0 saturated carbocycles. The molecule has 1 saturated heterocycles. The predicted molar refractivity (Wildman–Crippen MR) is 70.2 cm³/mol. The van der Waals surface area contributed by atoms with E-state index in [1.165, 1.54) is 12.1 Å². The molecule has 0 unspecified atom stereocenters. The maximum absolute atomic E-state index is 12.7. The van der Waals surface area contributed by atoms with Gasteiger partial charge in [-0.3, -0.25) is 4.90 Å². The lowest BCUT2D eigenvalue weighted by Crippen LogP contribution is -2.36. The molecular formula is C12H15F3N2O3S. The van der Waals surface area contributed by atoms with Crippen LogP contribution in [0.5, 0.6) is 0 Å². The highest BCUT2D eigenvalue weighted by molar-refractivity contribution is 7.92. The average Bonchev–Trinajstić information content (AvgIpc) is 2.40. The van der Waals surface area contributed by atoms with Gasteiger partial charge in [0, 0.05) is 25.3 Å². The molecule has 1 aliphatic rings. The Morgan fingerprint density at radius 1 is 1.24 bits per heavy atom. The number of hydrogen-bond acceptors (Lipinski definition) is 5. The van der Waals surface area contributed by atoms with Gasteiger partial charge in [-0.1, -0.05) is 6.07 Å². The van der Waals surface area contributed by atoms with Gasteiger partial charge < -0.3 is 10.5 Å². The highest BCUT2D eigenvalue weighted by Crippen LogP contribution is 2.33. The molecule has 1 aromatic carbocycles. The summed E-state index contributed by atoms with van der Waals surface area (Å²) >= 11 is 0. The van der Waals surface area contributed by atoms with Crippen LogP contribution in [0.25, 0.3) is 0 Å². The van der Waals surface area contributed by atoms with Gasteiger partial charge in [0.15, 0.2) is 0 Å². The number of anilines is 1. The Morgan fingerprint density at radius 3 is 2.43 bits per heavy atom. The lowest BCUT2D eigenvalue weighted by Gasteiger charge is -2.27. The summed E-state index contributed by atoms with van der Waals surface area (Å²) in [5.41, 5.74) is 0.151. The minimum Gasteiger partial charge on any atom is -0.399 e. The standard InChI is InChI=1S/C12H15F3N2O3S/c13-12(14,15)21(18,19)11-7-10(16)2-1-9(11)8-17-3-5-20-6-4-17/h1-2,7H,3-6,8,16H2. The first-order valence-electron chi connectivity index (χ1n) is 6.21. The molecule has 1 aliphatic heterocycles. The molecule has 2 rings (SSSR count). The van der Waals surface area contributed by atoms with Crippen LogP contribution in [0.4, 0.5) is 18.9 Å². The summed E-state index contributed by atoms with van der Waals surface area (Å²) in [5.74, 6) is 0. The molecule has 5 nitrogen and oxygen atoms in total. The van der Waals surface area contributed by atoms with Gasteiger partial charge in [-0.15, -0.1) is 0 Å². The molecule has 118 valence electrons. The van der Waals surface area contributed by atoms with E-state index in [9.17, 15) is 21.6 Å². The molecule has 0 aliphatic carbocycles. The van der Waals surface area contributed by atoms with Crippen molar-refractivity contribution in [3.05, 3.63) is 23.8 Å². The van der Waals surface area contributed by atoms with Gasteiger partial charge in [-0.2, -0.15) is 13.2 Å². The van der Waals surface area contributed by atoms with Crippen molar-refractivity contribution in [3.8, 4) is 0 Å². The number of ether oxygens (including phenoxy) is 1. The highest BCUT2D eigenvalue weighted by Gasteiger charge is 2.48. The number of nitrogen functional groups attached to an aromatic ring is 1. The van der Waals surface area contributed by atoms with Crippen molar-refractivity contribution in [2.24, 2.45) is 0 Å². The van der Waals surface area contributed by atoms with Gasteiger partial charge in [0.05, 0.1) is 18.1 Å². The van der Waals surface area contributed by atoms with E-state index in [2.05, 4.69) is 0 Å². The van der Waals surface area contributed by atoms with Gasteiger partial charge in [-0.25, -0.2) is 8.42 Å². The van der Waals surface area contributed by atoms with Crippen LogP contribution in [-0.2, 0) is 21.1 Å². The Bertz CT molecular complexity index is 611. The molecule has 1 fully saturated rings. The minimum atomic E-state index is -5.42. The van der Waals surface area contributed by atoms with Crippen LogP contribution in [0.15, 0.2) is 23.1 Å². The van der Waals surface area contributed by atoms with Crippen molar-refractivity contribution in [1.82, 2.24) is 4.90 Å². The van der Waals surface area contributed by atoms with Crippen LogP contribution in [0.1, 0.15) is 5.56 Å². The molecule has 0 aromatic heterocycles. The summed E-state index contributed by atoms with van der Waals surface area (Å²) in [5, 5.41) is 0. The Balaban J connectivity index is 2.38. The maximum Gasteiger partial charge on any atom is 0.501 e. The van der Waals surface area contributed by atoms with Gasteiger partial charge in [0.2, 0.25) is 0 Å². The smallest absolute Gasteiger partial charge is 0.399 e. The number of rotatable bonds is 3. The first-order valence-corrected chi connectivity index (χ1v) is 7.70. The van der Waals surface area contributed by atoms with Gasteiger partial charge in [-0.05, 0) is 17.7 Å². The molecule has 0 bridgehead atoms. The van der Waals surface area contributed by atoms with Crippen LogP contribution >= 0.6 is 0 Å². The Kier molecular flexibility index (Phi) is 4.45. The average molecular weight is 324 g/mol. The Hall–Kier alpha value is -1.32. The van der Waals surface area contributed by atoms with Gasteiger partial charge >= 0.3 is 5.51 Å². The topological polar surface area (TPSA) is 72.6 Å². The summed E-state index contributed by atoms with van der Waals surface area (Å²) in [6.07, 6.45) is 0. The van der Waals surface area contributed by atoms with E-state index in [1.807, 2.05) is 4.90 Å². The SMILES string of the molecule is Nc1ccc(CN2CCOCC2)c(S(=O)(=O)C(F)(F)F)c1. The fourth-order valence-corrected chi connectivity index (χ4v) is 3.10. The number of nitrogens with two attached hydrogens (primary N) is 1. The second-order valence-corrected chi connectivity index (χ2v) is 6.61. The number of halogens is 3. The second kappa shape index (κ2) is 5.82. The zero-order chi connectivity index (χ0) is 15.7. The minimum absolute atomic E-state index is 0.0245. The summed E-state index contributed by atoms with van der Waals surface area (Å²) in [7, 11) is -5.42. The Labute approximate surface area is 120 Å². The lowest BCUT2D eigenvalue weighted by atomic mass is 10.2. The van der Waals surface area contributed by atoms with Crippen molar-refractivity contribution >= 4 is 15.5 Å². The predicted octanol–water partition coefficient (Wildman–Crippen LogP) is 1.39. The molecule has 0 atom stereocenters. The molecule has 21 heavy (non-hydrogen) atoms. The molecule has 2 N–H and O–H groups in total. The van der Waals surface area contributed by atoms with Crippen LogP contribution < -0.4 is 5.73 Å². The van der Waals surface area contributed by atoms with Gasteiger partial charge in [0.1, 0.15) is 0 Å². The van der Waals surface area contributed by atoms with E-state index in [-0.39, 0.29) is 17.8 Å². The fourth-order valence-electron chi connectivity index (χ4n) is 2.08. The van der Waals surface area contributed by atoms with Crippen molar-refractivity contribution < 1.29 is 26.3 Å². The van der Waals surface area contributed by atoms with E-state index in [1.54, 1.807) is 0 Å². The second-order valence-electron chi connectivity index (χ2n) is 4.70. The number of benzene rings is 1. The number of hydrogen-bond donors (Lipinski definition) is 1. The quantitative estimate of drug-likeness (QED) is 0.851. The van der Waals surface area contributed by atoms with E-state index in [4.69, 9.17) is 10.5 Å². The van der Waals surface area contributed by atoms with E-state index in [0.29, 0.717) is 26.3 Å². The maximum atomic E-state index is 12.7. The number of morpholine rings is 1. The lowest BCUT2D eigenvalue weighted by molar-refractivity contribution is -0.0437. The van der Waals surface area contributed by atoms with Crippen molar-refractivity contribution in [2.45, 2.75) is 16.9 Å². The van der Waals surface area contributed by atoms with E-state index in [0.717, 1.165) is 6.07 Å². The highest BCUT2D eigenvalue weighted by atomic mass is 32.2. The van der Waals surface area contributed by atoms with Gasteiger partial charge in [0.25, 0.3) is 9.84 Å². The first kappa shape index (κ1) is 16.1. The van der Waals surface area contributed by atoms with Crippen LogP contribution in [0, 0.1) is 0 Å². The Morgan fingerprint density at radius 2 is 1.86 bits per heavy atom. The van der Waals surface area contributed by atoms with Crippen LogP contribution in [0.3, 0.4) is 0 Å². The normalized spacial score (nSPS) is 17.9. The zero-order valence-corrected chi connectivity index (χ0v) is 11.9. The first-order chi connectivity index (χ1) is 9.72. The summed E-state index contributed by atoms with van der Waals surface area (Å²) < 4.78 is 66.7. The van der Waals surface area contributed by atoms with E-state index >= 15 is 0 Å². The monoisotopic (exact) mass is 324 g/mol. The zero-order valence-electron chi connectivity index (χ0n) is 11.1. The number of sulfone groups is 1. The van der Waals surface area contributed by atoms with E-state index < -0.39 is 20.2 Å². The third-order valence-corrected chi connectivity index (χ3v) is 4.75. The molecule has 0 amide bonds. The third-order valence-electron chi connectivity index (χ3n) is 3.18. The summed E-state index contributed by atoms with van der Waals surface area (Å²) in [4.78, 5) is 1.06. The number of nitrogens with zero attached hydrogens (tertiary/aromatic N) is 1. The van der Waals surface area contributed by atoms with Crippen LogP contribution in [-0.4, -0.2) is 45.1 Å². The summed E-state index contributed by atoms with van der Waals surface area (Å²) in [6.45, 7) is 2.12. The molecule has 1 heterocycles. The molecule has 9 heteroatoms. The number of alkyl halides is 3. The van der Waals surface area contributed by atoms with Crippen molar-refractivity contribution in [3.63, 3.8) is 0 Å². The fraction of sp³-hybridized carbons (Fsp3) is 0.500. The molecule has 0 radical (unpaired) electrons. The van der Waals surface area contributed by atoms with Crippen LogP contribution in [0.2, 0.25) is 0 Å². The third kappa shape index (κ3) is 3.47. The summed E-state index contributed by atoms with van der Waals surface area (Å²) in [6, 6.07) is 3.58. The molecular weight excluding hydrogens is 309 g/mol. The largest absolute Gasteiger partial charge is 0.501 e. The molecule has 0 spiro atoms.